The van der Waals surface area contributed by atoms with E-state index in [9.17, 15) is 23.1 Å². The molecule has 1 aliphatic heterocycles. The summed E-state index contributed by atoms with van der Waals surface area (Å²) in [6, 6.07) is 4.79. The minimum atomic E-state index is -4.42. The van der Waals surface area contributed by atoms with E-state index in [1.807, 2.05) is 0 Å². The molecule has 7 nitrogen and oxygen atoms in total. The van der Waals surface area contributed by atoms with Crippen LogP contribution in [-0.4, -0.2) is 46.8 Å². The average molecular weight is 482 g/mol. The standard InChI is InChI=1S/C23H26F4N4O3/c24-19-20(28-11-18(22(32)33)15-7-9-34-10-8-15)29-13-30-21(19)31(17-5-6-17)12-14-1-3-16(4-2-14)23(25,26)27/h1-4,13,15,17-18H,5-12H2,(H,32,33)(H,28,29,30). The molecular formula is C23H26F4N4O3. The van der Waals surface area contributed by atoms with Gasteiger partial charge in [0.2, 0.25) is 5.82 Å². The van der Waals surface area contributed by atoms with Crippen LogP contribution in [0, 0.1) is 17.7 Å². The number of nitrogens with one attached hydrogen (secondary N) is 1. The molecule has 34 heavy (non-hydrogen) atoms. The fourth-order valence-corrected chi connectivity index (χ4v) is 4.22. The number of carboxylic acid groups (broad SMARTS) is 1. The summed E-state index contributed by atoms with van der Waals surface area (Å²) in [6.45, 7) is 1.20. The minimum Gasteiger partial charge on any atom is -0.481 e. The monoisotopic (exact) mass is 482 g/mol. The molecule has 2 heterocycles. The molecule has 1 aliphatic carbocycles. The molecule has 2 aromatic rings. The lowest BCUT2D eigenvalue weighted by Crippen LogP contribution is -2.34. The Morgan fingerprint density at radius 1 is 1.15 bits per heavy atom. The number of ether oxygens (including phenoxy) is 1. The number of benzene rings is 1. The molecule has 1 unspecified atom stereocenters. The van der Waals surface area contributed by atoms with Crippen molar-refractivity contribution in [3.8, 4) is 0 Å². The van der Waals surface area contributed by atoms with Crippen LogP contribution in [0.5, 0.6) is 0 Å². The van der Waals surface area contributed by atoms with Crippen molar-refractivity contribution in [2.24, 2.45) is 11.8 Å². The van der Waals surface area contributed by atoms with Gasteiger partial charge in [-0.05, 0) is 49.3 Å². The Labute approximate surface area is 194 Å². The van der Waals surface area contributed by atoms with Gasteiger partial charge in [0.05, 0.1) is 11.5 Å². The van der Waals surface area contributed by atoms with E-state index in [0.717, 1.165) is 25.0 Å². The molecule has 2 aliphatic rings. The van der Waals surface area contributed by atoms with E-state index in [-0.39, 0.29) is 36.7 Å². The molecule has 0 spiro atoms. The molecule has 0 bridgehead atoms. The molecule has 1 saturated carbocycles. The van der Waals surface area contributed by atoms with Crippen molar-refractivity contribution in [1.82, 2.24) is 9.97 Å². The zero-order chi connectivity index (χ0) is 24.3. The quantitative estimate of drug-likeness (QED) is 0.514. The summed E-state index contributed by atoms with van der Waals surface area (Å²) >= 11 is 0. The molecule has 2 N–H and O–H groups in total. The maximum atomic E-state index is 15.4. The SMILES string of the molecule is O=C(O)C(CNc1ncnc(N(Cc2ccc(C(F)(F)F)cc2)C2CC2)c1F)C1CCOCC1. The second kappa shape index (κ2) is 10.1. The van der Waals surface area contributed by atoms with Gasteiger partial charge in [-0.1, -0.05) is 12.1 Å². The third-order valence-electron chi connectivity index (χ3n) is 6.31. The lowest BCUT2D eigenvalue weighted by atomic mass is 9.86. The summed E-state index contributed by atoms with van der Waals surface area (Å²) in [7, 11) is 0. The summed E-state index contributed by atoms with van der Waals surface area (Å²) in [4.78, 5) is 21.6. The molecule has 0 amide bonds. The van der Waals surface area contributed by atoms with Gasteiger partial charge in [-0.2, -0.15) is 17.6 Å². The second-order valence-electron chi connectivity index (χ2n) is 8.69. The predicted octanol–water partition coefficient (Wildman–Crippen LogP) is 4.34. The summed E-state index contributed by atoms with van der Waals surface area (Å²) in [5, 5.41) is 12.5. The number of nitrogens with zero attached hydrogens (tertiary/aromatic N) is 3. The smallest absolute Gasteiger partial charge is 0.416 e. The van der Waals surface area contributed by atoms with Gasteiger partial charge in [-0.25, -0.2) is 9.97 Å². The first-order chi connectivity index (χ1) is 16.2. The fraction of sp³-hybridized carbons (Fsp3) is 0.522. The van der Waals surface area contributed by atoms with Crippen molar-refractivity contribution >= 4 is 17.6 Å². The van der Waals surface area contributed by atoms with Gasteiger partial charge in [0.25, 0.3) is 0 Å². The van der Waals surface area contributed by atoms with Crippen LogP contribution < -0.4 is 10.2 Å². The van der Waals surface area contributed by atoms with E-state index in [1.165, 1.54) is 18.5 Å². The Kier molecular flexibility index (Phi) is 7.20. The topological polar surface area (TPSA) is 87.6 Å². The number of rotatable bonds is 9. The fourth-order valence-electron chi connectivity index (χ4n) is 4.22. The van der Waals surface area contributed by atoms with Crippen molar-refractivity contribution in [2.45, 2.75) is 44.4 Å². The first-order valence-corrected chi connectivity index (χ1v) is 11.2. The van der Waals surface area contributed by atoms with Crippen LogP contribution in [0.25, 0.3) is 0 Å². The molecule has 184 valence electrons. The maximum absolute atomic E-state index is 15.4. The van der Waals surface area contributed by atoms with Gasteiger partial charge in [0.1, 0.15) is 6.33 Å². The molecule has 1 atom stereocenters. The first-order valence-electron chi connectivity index (χ1n) is 11.2. The van der Waals surface area contributed by atoms with Crippen molar-refractivity contribution in [2.75, 3.05) is 30.0 Å². The number of alkyl halides is 3. The Balaban J connectivity index is 1.49. The number of carbonyl (C=O) groups is 1. The van der Waals surface area contributed by atoms with E-state index in [0.29, 0.717) is 31.6 Å². The van der Waals surface area contributed by atoms with Crippen molar-refractivity contribution in [3.05, 3.63) is 47.5 Å². The molecular weight excluding hydrogens is 456 g/mol. The van der Waals surface area contributed by atoms with Gasteiger partial charge in [0, 0.05) is 32.3 Å². The van der Waals surface area contributed by atoms with E-state index < -0.39 is 29.4 Å². The van der Waals surface area contributed by atoms with Gasteiger partial charge >= 0.3 is 12.1 Å². The Hall–Kier alpha value is -2.95. The predicted molar refractivity (Wildman–Crippen MR) is 116 cm³/mol. The summed E-state index contributed by atoms with van der Waals surface area (Å²) in [6.07, 6.45) is -0.341. The number of hydrogen-bond acceptors (Lipinski definition) is 6. The van der Waals surface area contributed by atoms with Gasteiger partial charge in [-0.3, -0.25) is 4.79 Å². The van der Waals surface area contributed by atoms with Crippen LogP contribution in [0.1, 0.15) is 36.8 Å². The molecule has 1 aromatic heterocycles. The molecule has 1 aromatic carbocycles. The van der Waals surface area contributed by atoms with E-state index >= 15 is 4.39 Å². The van der Waals surface area contributed by atoms with Crippen molar-refractivity contribution in [1.29, 1.82) is 0 Å². The van der Waals surface area contributed by atoms with Crippen LogP contribution in [0.15, 0.2) is 30.6 Å². The highest BCUT2D eigenvalue weighted by atomic mass is 19.4. The largest absolute Gasteiger partial charge is 0.481 e. The Morgan fingerprint density at radius 2 is 1.82 bits per heavy atom. The lowest BCUT2D eigenvalue weighted by Gasteiger charge is -2.28. The third kappa shape index (κ3) is 5.75. The number of aliphatic carboxylic acids is 1. The Bertz CT molecular complexity index is 993. The number of aromatic nitrogens is 2. The van der Waals surface area contributed by atoms with E-state index in [1.54, 1.807) is 4.90 Å². The van der Waals surface area contributed by atoms with Crippen LogP contribution >= 0.6 is 0 Å². The maximum Gasteiger partial charge on any atom is 0.416 e. The number of carboxylic acids is 1. The van der Waals surface area contributed by atoms with Gasteiger partial charge in [0.15, 0.2) is 11.6 Å². The highest BCUT2D eigenvalue weighted by molar-refractivity contribution is 5.71. The van der Waals surface area contributed by atoms with Crippen molar-refractivity contribution < 1.29 is 32.2 Å². The average Bonchev–Trinajstić information content (AvgIpc) is 3.64. The van der Waals surface area contributed by atoms with Gasteiger partial charge in [-0.15, -0.1) is 0 Å². The summed E-state index contributed by atoms with van der Waals surface area (Å²) < 4.78 is 59.2. The summed E-state index contributed by atoms with van der Waals surface area (Å²) in [5.74, 6) is -2.52. The van der Waals surface area contributed by atoms with Crippen LogP contribution in [0.3, 0.4) is 0 Å². The van der Waals surface area contributed by atoms with Gasteiger partial charge < -0.3 is 20.1 Å². The van der Waals surface area contributed by atoms with Crippen LogP contribution in [0.4, 0.5) is 29.2 Å². The number of anilines is 2. The van der Waals surface area contributed by atoms with Crippen LogP contribution in [-0.2, 0) is 22.3 Å². The molecule has 1 saturated heterocycles. The van der Waals surface area contributed by atoms with Crippen molar-refractivity contribution in [3.63, 3.8) is 0 Å². The zero-order valence-corrected chi connectivity index (χ0v) is 18.4. The first kappa shape index (κ1) is 24.2. The molecule has 11 heteroatoms. The third-order valence-corrected chi connectivity index (χ3v) is 6.31. The minimum absolute atomic E-state index is 0.00963. The Morgan fingerprint density at radius 3 is 2.41 bits per heavy atom. The van der Waals surface area contributed by atoms with Crippen LogP contribution in [0.2, 0.25) is 0 Å². The lowest BCUT2D eigenvalue weighted by molar-refractivity contribution is -0.144. The normalized spacial score (nSPS) is 17.9. The van der Waals surface area contributed by atoms with E-state index in [2.05, 4.69) is 15.3 Å². The second-order valence-corrected chi connectivity index (χ2v) is 8.69. The molecule has 2 fully saturated rings. The highest BCUT2D eigenvalue weighted by Gasteiger charge is 2.34. The number of halogens is 4. The summed E-state index contributed by atoms with van der Waals surface area (Å²) in [5.41, 5.74) is -0.149. The molecule has 4 rings (SSSR count). The number of hydrogen-bond donors (Lipinski definition) is 2. The van der Waals surface area contributed by atoms with E-state index in [4.69, 9.17) is 4.74 Å². The highest BCUT2D eigenvalue weighted by Crippen LogP contribution is 2.35. The zero-order valence-electron chi connectivity index (χ0n) is 18.4. The molecule has 0 radical (unpaired) electrons.